The maximum atomic E-state index is 5.62. The normalized spacial score (nSPS) is 19.4. The van der Waals surface area contributed by atoms with Gasteiger partial charge in [-0.3, -0.25) is 0 Å². The van der Waals surface area contributed by atoms with Gasteiger partial charge in [0.15, 0.2) is 0 Å². The van der Waals surface area contributed by atoms with Gasteiger partial charge in [0.25, 0.3) is 0 Å². The number of hydrogen-bond acceptors (Lipinski definition) is 3. The zero-order chi connectivity index (χ0) is 14.4. The van der Waals surface area contributed by atoms with Gasteiger partial charge in [0.1, 0.15) is 0 Å². The molecule has 20 heavy (non-hydrogen) atoms. The molecule has 0 amide bonds. The summed E-state index contributed by atoms with van der Waals surface area (Å²) in [6, 6.07) is 7.11. The summed E-state index contributed by atoms with van der Waals surface area (Å²) in [7, 11) is 0. The molecule has 0 bridgehead atoms. The van der Waals surface area contributed by atoms with Crippen molar-refractivity contribution in [2.75, 3.05) is 31.2 Å². The number of nitrogens with one attached hydrogen (secondary N) is 1. The van der Waals surface area contributed by atoms with Crippen LogP contribution in [-0.4, -0.2) is 32.3 Å². The van der Waals surface area contributed by atoms with Gasteiger partial charge in [-0.1, -0.05) is 29.8 Å². The number of hydrogen-bond donors (Lipinski definition) is 1. The van der Waals surface area contributed by atoms with Crippen LogP contribution in [-0.2, 0) is 11.3 Å². The topological polar surface area (TPSA) is 24.5 Å². The SMILES string of the molecule is CCCNCc1cc(Br)ccc1N1CCOCC1CC. The highest BCUT2D eigenvalue weighted by molar-refractivity contribution is 9.10. The first-order chi connectivity index (χ1) is 9.76. The molecule has 0 spiro atoms. The Bertz CT molecular complexity index is 425. The second-order valence-electron chi connectivity index (χ2n) is 5.28. The first-order valence-electron chi connectivity index (χ1n) is 7.59. The number of halogens is 1. The molecule has 3 nitrogen and oxygen atoms in total. The molecule has 1 saturated heterocycles. The molecule has 4 heteroatoms. The first-order valence-corrected chi connectivity index (χ1v) is 8.39. The summed E-state index contributed by atoms with van der Waals surface area (Å²) >= 11 is 3.59. The van der Waals surface area contributed by atoms with E-state index in [0.29, 0.717) is 6.04 Å². The fourth-order valence-corrected chi connectivity index (χ4v) is 3.09. The maximum absolute atomic E-state index is 5.62. The van der Waals surface area contributed by atoms with Gasteiger partial charge in [0.05, 0.1) is 19.3 Å². The van der Waals surface area contributed by atoms with E-state index >= 15 is 0 Å². The van der Waals surface area contributed by atoms with E-state index in [0.717, 1.165) is 43.7 Å². The number of benzene rings is 1. The number of morpholine rings is 1. The molecule has 1 atom stereocenters. The lowest BCUT2D eigenvalue weighted by Crippen LogP contribution is -2.45. The minimum atomic E-state index is 0.495. The van der Waals surface area contributed by atoms with Crippen molar-refractivity contribution in [3.8, 4) is 0 Å². The molecule has 0 radical (unpaired) electrons. The number of nitrogens with zero attached hydrogens (tertiary/aromatic N) is 1. The summed E-state index contributed by atoms with van der Waals surface area (Å²) in [5, 5.41) is 3.51. The zero-order valence-electron chi connectivity index (χ0n) is 12.5. The van der Waals surface area contributed by atoms with Gasteiger partial charge in [-0.05, 0) is 43.1 Å². The van der Waals surface area contributed by atoms with Crippen LogP contribution in [0.15, 0.2) is 22.7 Å². The summed E-state index contributed by atoms with van der Waals surface area (Å²) in [6.45, 7) is 9.08. The van der Waals surface area contributed by atoms with E-state index < -0.39 is 0 Å². The molecule has 0 aliphatic carbocycles. The predicted molar refractivity (Wildman–Crippen MR) is 88.4 cm³/mol. The average molecular weight is 341 g/mol. The van der Waals surface area contributed by atoms with Crippen LogP contribution < -0.4 is 10.2 Å². The van der Waals surface area contributed by atoms with Gasteiger partial charge < -0.3 is 15.0 Å². The van der Waals surface area contributed by atoms with Crippen molar-refractivity contribution in [2.45, 2.75) is 39.3 Å². The van der Waals surface area contributed by atoms with E-state index in [1.165, 1.54) is 17.7 Å². The molecule has 1 fully saturated rings. The Balaban J connectivity index is 2.19. The summed E-state index contributed by atoms with van der Waals surface area (Å²) in [6.07, 6.45) is 2.29. The van der Waals surface area contributed by atoms with Crippen molar-refractivity contribution in [1.29, 1.82) is 0 Å². The molecule has 1 aliphatic rings. The molecule has 1 N–H and O–H groups in total. The van der Waals surface area contributed by atoms with Crippen LogP contribution in [0.1, 0.15) is 32.3 Å². The highest BCUT2D eigenvalue weighted by Gasteiger charge is 2.23. The molecule has 0 aromatic heterocycles. The van der Waals surface area contributed by atoms with E-state index in [1.54, 1.807) is 0 Å². The summed E-state index contributed by atoms with van der Waals surface area (Å²) in [5.74, 6) is 0. The van der Waals surface area contributed by atoms with E-state index in [-0.39, 0.29) is 0 Å². The monoisotopic (exact) mass is 340 g/mol. The highest BCUT2D eigenvalue weighted by Crippen LogP contribution is 2.28. The fourth-order valence-electron chi connectivity index (χ4n) is 2.69. The molecule has 1 heterocycles. The van der Waals surface area contributed by atoms with Gasteiger partial charge in [0.2, 0.25) is 0 Å². The van der Waals surface area contributed by atoms with Crippen molar-refractivity contribution >= 4 is 21.6 Å². The molecule has 1 aromatic rings. The zero-order valence-corrected chi connectivity index (χ0v) is 14.1. The quantitative estimate of drug-likeness (QED) is 0.801. The highest BCUT2D eigenvalue weighted by atomic mass is 79.9. The van der Waals surface area contributed by atoms with Gasteiger partial charge in [-0.15, -0.1) is 0 Å². The number of anilines is 1. The van der Waals surface area contributed by atoms with Crippen molar-refractivity contribution < 1.29 is 4.74 Å². The molecule has 0 saturated carbocycles. The van der Waals surface area contributed by atoms with Gasteiger partial charge in [-0.2, -0.15) is 0 Å². The Labute approximate surface area is 130 Å². The summed E-state index contributed by atoms with van der Waals surface area (Å²) in [4.78, 5) is 2.51. The molecule has 112 valence electrons. The molecule has 1 aliphatic heterocycles. The third-order valence-corrected chi connectivity index (χ3v) is 4.29. The first kappa shape index (κ1) is 15.8. The van der Waals surface area contributed by atoms with E-state index in [9.17, 15) is 0 Å². The second kappa shape index (κ2) is 8.01. The average Bonchev–Trinajstić information content (AvgIpc) is 2.48. The lowest BCUT2D eigenvalue weighted by Gasteiger charge is -2.38. The van der Waals surface area contributed by atoms with Crippen LogP contribution in [0.4, 0.5) is 5.69 Å². The van der Waals surface area contributed by atoms with E-state index in [4.69, 9.17) is 4.74 Å². The number of rotatable bonds is 6. The number of ether oxygens (including phenoxy) is 1. The van der Waals surface area contributed by atoms with Crippen molar-refractivity contribution in [3.63, 3.8) is 0 Å². The molecular weight excluding hydrogens is 316 g/mol. The van der Waals surface area contributed by atoms with Crippen molar-refractivity contribution in [3.05, 3.63) is 28.2 Å². The van der Waals surface area contributed by atoms with Crippen LogP contribution in [0.2, 0.25) is 0 Å². The van der Waals surface area contributed by atoms with E-state index in [2.05, 4.69) is 58.2 Å². The minimum Gasteiger partial charge on any atom is -0.377 e. The van der Waals surface area contributed by atoms with Gasteiger partial charge in [-0.25, -0.2) is 0 Å². The third-order valence-electron chi connectivity index (χ3n) is 3.79. The molecule has 1 unspecified atom stereocenters. The largest absolute Gasteiger partial charge is 0.377 e. The van der Waals surface area contributed by atoms with Gasteiger partial charge in [0, 0.05) is 23.2 Å². The van der Waals surface area contributed by atoms with Crippen molar-refractivity contribution in [2.24, 2.45) is 0 Å². The van der Waals surface area contributed by atoms with Crippen LogP contribution in [0, 0.1) is 0 Å². The Morgan fingerprint density at radius 3 is 3.00 bits per heavy atom. The van der Waals surface area contributed by atoms with Gasteiger partial charge >= 0.3 is 0 Å². The minimum absolute atomic E-state index is 0.495. The predicted octanol–water partition coefficient (Wildman–Crippen LogP) is 3.56. The molecule has 1 aromatic carbocycles. The van der Waals surface area contributed by atoms with Crippen molar-refractivity contribution in [1.82, 2.24) is 5.32 Å². The Morgan fingerprint density at radius 1 is 1.40 bits per heavy atom. The third kappa shape index (κ3) is 3.96. The Morgan fingerprint density at radius 2 is 2.25 bits per heavy atom. The second-order valence-corrected chi connectivity index (χ2v) is 6.20. The van der Waals surface area contributed by atoms with Crippen LogP contribution >= 0.6 is 15.9 Å². The molecule has 2 rings (SSSR count). The smallest absolute Gasteiger partial charge is 0.0670 e. The lowest BCUT2D eigenvalue weighted by atomic mass is 10.1. The summed E-state index contributed by atoms with van der Waals surface area (Å²) < 4.78 is 6.77. The maximum Gasteiger partial charge on any atom is 0.0670 e. The fraction of sp³-hybridized carbons (Fsp3) is 0.625. The Kier molecular flexibility index (Phi) is 6.33. The van der Waals surface area contributed by atoms with Crippen LogP contribution in [0.5, 0.6) is 0 Å². The summed E-state index contributed by atoms with van der Waals surface area (Å²) in [5.41, 5.74) is 2.72. The lowest BCUT2D eigenvalue weighted by molar-refractivity contribution is 0.0929. The van der Waals surface area contributed by atoms with Crippen LogP contribution in [0.25, 0.3) is 0 Å². The van der Waals surface area contributed by atoms with E-state index in [1.807, 2.05) is 0 Å². The standard InChI is InChI=1S/C16H25BrN2O/c1-3-7-18-11-13-10-14(17)5-6-16(13)19-8-9-20-12-15(19)4-2/h5-6,10,15,18H,3-4,7-9,11-12H2,1-2H3. The van der Waals surface area contributed by atoms with Crippen LogP contribution in [0.3, 0.4) is 0 Å². The Hall–Kier alpha value is -0.580. The molecular formula is C16H25BrN2O.